The average Bonchev–Trinajstić information content (AvgIpc) is 3.00. The molecule has 1 aliphatic carbocycles. The van der Waals surface area contributed by atoms with E-state index in [4.69, 9.17) is 4.74 Å². The standard InChI is InChI=1S/C27H26F3NO3S/c28-27(29,30)34-21-11-13-22(14-12-21)35(32)31-20-15-16-33-25(17-20)26-23-7-3-1-5-18(23)9-10-19-6-2-4-8-24(19)26/h1-8,11-14,20,25-26,31H,9-10,15-17H2. The highest BCUT2D eigenvalue weighted by Gasteiger charge is 2.36. The zero-order valence-electron chi connectivity index (χ0n) is 19.0. The normalized spacial score (nSPS) is 21.5. The van der Waals surface area contributed by atoms with E-state index in [1.807, 2.05) is 0 Å². The van der Waals surface area contributed by atoms with Gasteiger partial charge in [-0.1, -0.05) is 48.5 Å². The first kappa shape index (κ1) is 24.2. The summed E-state index contributed by atoms with van der Waals surface area (Å²) >= 11 is -1.57. The molecule has 1 N–H and O–H groups in total. The number of hydrogen-bond acceptors (Lipinski definition) is 4. The van der Waals surface area contributed by atoms with Gasteiger partial charge in [-0.15, -0.1) is 17.9 Å². The van der Waals surface area contributed by atoms with Crippen LogP contribution in [0, 0.1) is 0 Å². The quantitative estimate of drug-likeness (QED) is 0.458. The Kier molecular flexibility index (Phi) is 7.07. The minimum absolute atomic E-state index is 0.0525. The topological polar surface area (TPSA) is 53.5 Å². The molecule has 3 unspecified atom stereocenters. The third-order valence-corrected chi connectivity index (χ3v) is 7.92. The van der Waals surface area contributed by atoms with Gasteiger partial charge in [0.1, 0.15) is 5.75 Å². The fourth-order valence-electron chi connectivity index (χ4n) is 5.12. The molecule has 1 fully saturated rings. The van der Waals surface area contributed by atoms with Crippen LogP contribution in [0.5, 0.6) is 5.75 Å². The van der Waals surface area contributed by atoms with Crippen LogP contribution < -0.4 is 9.46 Å². The Morgan fingerprint density at radius 2 is 1.49 bits per heavy atom. The van der Waals surface area contributed by atoms with Gasteiger partial charge < -0.3 is 14.0 Å². The molecule has 35 heavy (non-hydrogen) atoms. The molecular formula is C27H26F3NO3S. The van der Waals surface area contributed by atoms with Gasteiger partial charge in [-0.05, 0) is 72.2 Å². The van der Waals surface area contributed by atoms with Crippen molar-refractivity contribution in [3.05, 3.63) is 95.1 Å². The zero-order valence-corrected chi connectivity index (χ0v) is 19.8. The lowest BCUT2D eigenvalue weighted by Gasteiger charge is -2.36. The molecule has 0 bridgehead atoms. The van der Waals surface area contributed by atoms with Gasteiger partial charge in [-0.3, -0.25) is 0 Å². The van der Waals surface area contributed by atoms with E-state index in [9.17, 15) is 17.7 Å². The molecule has 0 saturated carbocycles. The fourth-order valence-corrected chi connectivity index (χ4v) is 6.16. The van der Waals surface area contributed by atoms with E-state index >= 15 is 0 Å². The van der Waals surface area contributed by atoms with E-state index in [0.717, 1.165) is 12.8 Å². The number of benzene rings is 3. The van der Waals surface area contributed by atoms with Gasteiger partial charge in [0.2, 0.25) is 0 Å². The van der Waals surface area contributed by atoms with Crippen LogP contribution >= 0.6 is 0 Å². The maximum atomic E-state index is 12.9. The summed E-state index contributed by atoms with van der Waals surface area (Å²) < 4.78 is 63.5. The van der Waals surface area contributed by atoms with Crippen LogP contribution in [0.3, 0.4) is 0 Å². The largest absolute Gasteiger partial charge is 0.593 e. The highest BCUT2D eigenvalue weighted by molar-refractivity contribution is 7.89. The molecule has 3 atom stereocenters. The van der Waals surface area contributed by atoms with Gasteiger partial charge in [0.25, 0.3) is 0 Å². The predicted molar refractivity (Wildman–Crippen MR) is 128 cm³/mol. The molecule has 0 aromatic heterocycles. The highest BCUT2D eigenvalue weighted by atomic mass is 32.2. The SMILES string of the molecule is [O-][S+](NC1CCOC(C2c3ccccc3CCc3ccccc32)C1)c1ccc(OC(F)(F)F)cc1. The van der Waals surface area contributed by atoms with E-state index in [1.54, 1.807) is 0 Å². The number of ether oxygens (including phenoxy) is 2. The van der Waals surface area contributed by atoms with Crippen LogP contribution in [0.4, 0.5) is 13.2 Å². The summed E-state index contributed by atoms with van der Waals surface area (Å²) in [6.07, 6.45) is -1.50. The molecule has 0 spiro atoms. The molecule has 8 heteroatoms. The van der Waals surface area contributed by atoms with Crippen LogP contribution in [-0.4, -0.2) is 29.7 Å². The zero-order chi connectivity index (χ0) is 24.4. The van der Waals surface area contributed by atoms with E-state index in [2.05, 4.69) is 58.0 Å². The molecule has 3 aromatic carbocycles. The molecule has 1 aliphatic heterocycles. The second-order valence-corrected chi connectivity index (χ2v) is 10.2. The second kappa shape index (κ2) is 10.2. The van der Waals surface area contributed by atoms with Crippen molar-refractivity contribution in [1.29, 1.82) is 0 Å². The van der Waals surface area contributed by atoms with Crippen molar-refractivity contribution in [2.24, 2.45) is 0 Å². The predicted octanol–water partition coefficient (Wildman–Crippen LogP) is 5.68. The summed E-state index contributed by atoms with van der Waals surface area (Å²) in [5.74, 6) is -0.253. The summed E-state index contributed by atoms with van der Waals surface area (Å²) in [6.45, 7) is 0.540. The van der Waals surface area contributed by atoms with Gasteiger partial charge in [0.05, 0.1) is 23.5 Å². The molecule has 1 heterocycles. The summed E-state index contributed by atoms with van der Waals surface area (Å²) in [6, 6.07) is 22.1. The van der Waals surface area contributed by atoms with Crippen molar-refractivity contribution in [2.45, 2.75) is 55.0 Å². The lowest BCUT2D eigenvalue weighted by atomic mass is 9.80. The molecule has 3 aromatic rings. The number of rotatable bonds is 5. The van der Waals surface area contributed by atoms with Gasteiger partial charge in [-0.25, -0.2) is 0 Å². The van der Waals surface area contributed by atoms with E-state index in [0.29, 0.717) is 24.3 Å². The number of hydrogen-bond donors (Lipinski definition) is 1. The molecule has 5 rings (SSSR count). The molecule has 4 nitrogen and oxygen atoms in total. The van der Waals surface area contributed by atoms with Crippen molar-refractivity contribution in [3.8, 4) is 5.75 Å². The molecular weight excluding hydrogens is 475 g/mol. The molecule has 184 valence electrons. The third kappa shape index (κ3) is 5.67. The van der Waals surface area contributed by atoms with Crippen LogP contribution in [0.25, 0.3) is 0 Å². The van der Waals surface area contributed by atoms with E-state index in [1.165, 1.54) is 46.5 Å². The van der Waals surface area contributed by atoms with Crippen LogP contribution in [0.1, 0.15) is 41.0 Å². The van der Waals surface area contributed by atoms with Crippen LogP contribution in [-0.2, 0) is 28.9 Å². The minimum atomic E-state index is -4.76. The summed E-state index contributed by atoms with van der Waals surface area (Å²) in [7, 11) is 0. The Morgan fingerprint density at radius 3 is 2.09 bits per heavy atom. The number of alkyl halides is 3. The van der Waals surface area contributed by atoms with Crippen molar-refractivity contribution in [2.75, 3.05) is 6.61 Å². The first-order valence-corrected chi connectivity index (χ1v) is 12.8. The van der Waals surface area contributed by atoms with Gasteiger partial charge in [0.15, 0.2) is 4.90 Å². The van der Waals surface area contributed by atoms with Crippen molar-refractivity contribution < 1.29 is 27.2 Å². The molecule has 2 aliphatic rings. The van der Waals surface area contributed by atoms with Crippen molar-refractivity contribution in [3.63, 3.8) is 0 Å². The Hall–Kier alpha value is -2.52. The van der Waals surface area contributed by atoms with Crippen molar-refractivity contribution in [1.82, 2.24) is 4.72 Å². The van der Waals surface area contributed by atoms with E-state index in [-0.39, 0.29) is 23.8 Å². The van der Waals surface area contributed by atoms with Crippen LogP contribution in [0.15, 0.2) is 77.7 Å². The highest BCUT2D eigenvalue weighted by Crippen LogP contribution is 2.40. The van der Waals surface area contributed by atoms with Gasteiger partial charge in [0, 0.05) is 12.5 Å². The van der Waals surface area contributed by atoms with Gasteiger partial charge >= 0.3 is 6.36 Å². The van der Waals surface area contributed by atoms with Crippen molar-refractivity contribution >= 4 is 11.4 Å². The monoisotopic (exact) mass is 501 g/mol. The number of halogens is 3. The molecule has 1 saturated heterocycles. The lowest BCUT2D eigenvalue weighted by molar-refractivity contribution is -0.274. The Labute approximate surface area is 205 Å². The Bertz CT molecular complexity index is 1110. The Morgan fingerprint density at radius 1 is 0.886 bits per heavy atom. The first-order chi connectivity index (χ1) is 16.9. The second-order valence-electron chi connectivity index (χ2n) is 8.91. The maximum Gasteiger partial charge on any atom is 0.573 e. The third-order valence-electron chi connectivity index (χ3n) is 6.68. The average molecular weight is 502 g/mol. The Balaban J connectivity index is 1.33. The minimum Gasteiger partial charge on any atom is -0.593 e. The number of nitrogens with one attached hydrogen (secondary N) is 1. The first-order valence-electron chi connectivity index (χ1n) is 11.7. The number of fused-ring (bicyclic) bond motifs is 2. The lowest BCUT2D eigenvalue weighted by Crippen LogP contribution is -2.44. The summed E-state index contributed by atoms with van der Waals surface area (Å²) in [5, 5.41) is 0. The smallest absolute Gasteiger partial charge is 0.573 e. The summed E-state index contributed by atoms with van der Waals surface area (Å²) in [4.78, 5) is 0.396. The number of aryl methyl sites for hydroxylation is 2. The van der Waals surface area contributed by atoms with Crippen LogP contribution in [0.2, 0.25) is 0 Å². The molecule has 0 radical (unpaired) electrons. The van der Waals surface area contributed by atoms with E-state index < -0.39 is 17.7 Å². The fraction of sp³-hybridized carbons (Fsp3) is 0.333. The molecule has 0 amide bonds. The maximum absolute atomic E-state index is 12.9. The summed E-state index contributed by atoms with van der Waals surface area (Å²) in [5.41, 5.74) is 5.23. The van der Waals surface area contributed by atoms with Gasteiger partial charge in [-0.2, -0.15) is 0 Å².